The number of aliphatic hydroxyl groups is 1. The highest BCUT2D eigenvalue weighted by Gasteiger charge is 2.36. The molecule has 27 heavy (non-hydrogen) atoms. The molecule has 1 aromatic carbocycles. The number of nitriles is 1. The van der Waals surface area contributed by atoms with Gasteiger partial charge in [-0.15, -0.1) is 0 Å². The number of hydrogen-bond donors (Lipinski definition) is 2. The molecule has 0 spiro atoms. The van der Waals surface area contributed by atoms with Crippen molar-refractivity contribution in [3.63, 3.8) is 0 Å². The van der Waals surface area contributed by atoms with E-state index in [9.17, 15) is 20.0 Å². The van der Waals surface area contributed by atoms with E-state index in [1.54, 1.807) is 37.8 Å². The molecule has 0 saturated carbocycles. The molecule has 1 fully saturated rings. The van der Waals surface area contributed by atoms with Crippen LogP contribution in [0.3, 0.4) is 0 Å². The summed E-state index contributed by atoms with van der Waals surface area (Å²) in [5, 5.41) is 32.8. The largest absolute Gasteiger partial charge is 0.444 e. The number of carbonyl (C=O) groups is 1. The van der Waals surface area contributed by atoms with Crippen molar-refractivity contribution in [1.82, 2.24) is 5.32 Å². The predicted octanol–water partition coefficient (Wildman–Crippen LogP) is 2.13. The third kappa shape index (κ3) is 5.31. The maximum Gasteiger partial charge on any atom is 0.407 e. The van der Waals surface area contributed by atoms with Crippen molar-refractivity contribution in [2.24, 2.45) is 0 Å². The van der Waals surface area contributed by atoms with Gasteiger partial charge in [0.15, 0.2) is 0 Å². The summed E-state index contributed by atoms with van der Waals surface area (Å²) >= 11 is 0. The van der Waals surface area contributed by atoms with Crippen molar-refractivity contribution in [2.45, 2.75) is 51.3 Å². The van der Waals surface area contributed by atoms with E-state index in [-0.39, 0.29) is 30.8 Å². The molecule has 1 heterocycles. The van der Waals surface area contributed by atoms with E-state index >= 15 is 0 Å². The van der Waals surface area contributed by atoms with Gasteiger partial charge < -0.3 is 20.1 Å². The molecule has 0 unspecified atom stereocenters. The number of rotatable bonds is 5. The first-order valence-electron chi connectivity index (χ1n) is 8.66. The highest BCUT2D eigenvalue weighted by molar-refractivity contribution is 5.69. The maximum absolute atomic E-state index is 12.0. The second-order valence-electron chi connectivity index (χ2n) is 7.48. The first-order valence-corrected chi connectivity index (χ1v) is 8.66. The van der Waals surface area contributed by atoms with Gasteiger partial charge in [-0.25, -0.2) is 4.79 Å². The summed E-state index contributed by atoms with van der Waals surface area (Å²) in [5.74, 6) is 0. The van der Waals surface area contributed by atoms with Crippen LogP contribution in [0.2, 0.25) is 0 Å². The number of nitro groups is 1. The fourth-order valence-electron chi connectivity index (χ4n) is 3.12. The topological polar surface area (TPSA) is 129 Å². The molecule has 2 atom stereocenters. The number of carbonyl (C=O) groups excluding carboxylic acids is 1. The monoisotopic (exact) mass is 376 g/mol. The molecule has 146 valence electrons. The third-order valence-corrected chi connectivity index (χ3v) is 4.18. The summed E-state index contributed by atoms with van der Waals surface area (Å²) in [6.07, 6.45) is -0.0174. The number of nitrogens with one attached hydrogen (secondary N) is 1. The zero-order valence-electron chi connectivity index (χ0n) is 15.6. The molecule has 9 nitrogen and oxygen atoms in total. The van der Waals surface area contributed by atoms with E-state index in [0.29, 0.717) is 24.2 Å². The fourth-order valence-corrected chi connectivity index (χ4v) is 3.12. The maximum atomic E-state index is 12.0. The summed E-state index contributed by atoms with van der Waals surface area (Å²) in [5.41, 5.74) is 0.245. The lowest BCUT2D eigenvalue weighted by molar-refractivity contribution is -0.384. The van der Waals surface area contributed by atoms with Gasteiger partial charge in [0.2, 0.25) is 0 Å². The second-order valence-corrected chi connectivity index (χ2v) is 7.48. The number of ether oxygens (including phenoxy) is 1. The van der Waals surface area contributed by atoms with Gasteiger partial charge in [-0.1, -0.05) is 6.07 Å². The number of nitro benzene ring substituents is 1. The summed E-state index contributed by atoms with van der Waals surface area (Å²) in [6, 6.07) is 5.82. The lowest BCUT2D eigenvalue weighted by Gasteiger charge is -2.25. The van der Waals surface area contributed by atoms with E-state index in [1.165, 1.54) is 6.07 Å². The van der Waals surface area contributed by atoms with Crippen LogP contribution in [0.1, 0.15) is 32.8 Å². The number of alkyl carbamates (subject to hydrolysis) is 1. The molecule has 0 aliphatic carbocycles. The van der Waals surface area contributed by atoms with Crippen molar-refractivity contribution in [3.8, 4) is 6.07 Å². The van der Waals surface area contributed by atoms with Crippen LogP contribution in [-0.2, 0) is 11.2 Å². The minimum absolute atomic E-state index is 0.104. The molecule has 1 amide bonds. The quantitative estimate of drug-likeness (QED) is 0.595. The fraction of sp³-hybridized carbons (Fsp3) is 0.556. The SMILES string of the molecule is CC(C)(C)OC(=O)N[C@H]1C[C@@H](CO)N(c2cc(CC#N)ccc2[N+](=O)[O-])C1. The number of amides is 1. The first kappa shape index (κ1) is 20.5. The molecular weight excluding hydrogens is 352 g/mol. The number of benzene rings is 1. The van der Waals surface area contributed by atoms with Crippen LogP contribution < -0.4 is 10.2 Å². The Morgan fingerprint density at radius 2 is 2.22 bits per heavy atom. The van der Waals surface area contributed by atoms with Gasteiger partial charge in [0.25, 0.3) is 5.69 Å². The molecule has 2 rings (SSSR count). The summed E-state index contributed by atoms with van der Waals surface area (Å²) < 4.78 is 5.25. The minimum atomic E-state index is -0.636. The van der Waals surface area contributed by atoms with Gasteiger partial charge in [-0.3, -0.25) is 10.1 Å². The smallest absolute Gasteiger partial charge is 0.407 e. The second kappa shape index (κ2) is 8.22. The van der Waals surface area contributed by atoms with Crippen LogP contribution >= 0.6 is 0 Å². The lowest BCUT2D eigenvalue weighted by Crippen LogP contribution is -2.40. The first-order chi connectivity index (χ1) is 12.6. The molecule has 1 aliphatic heterocycles. The molecule has 0 radical (unpaired) electrons. The summed E-state index contributed by atoms with van der Waals surface area (Å²) in [4.78, 5) is 24.6. The molecule has 0 bridgehead atoms. The van der Waals surface area contributed by atoms with Crippen molar-refractivity contribution in [1.29, 1.82) is 5.26 Å². The third-order valence-electron chi connectivity index (χ3n) is 4.18. The normalized spacial score (nSPS) is 19.4. The van der Waals surface area contributed by atoms with Crippen LogP contribution in [0, 0.1) is 21.4 Å². The van der Waals surface area contributed by atoms with Gasteiger partial charge in [-0.2, -0.15) is 5.26 Å². The standard InChI is InChI=1S/C18H24N4O5/c1-18(2,3)27-17(24)20-13-9-14(11-23)21(10-13)16-8-12(6-7-19)4-5-15(16)22(25)26/h4-5,8,13-14,23H,6,9-11H2,1-3H3,(H,20,24)/t13-,14-/m0/s1. The van der Waals surface area contributed by atoms with Gasteiger partial charge in [0.05, 0.1) is 36.1 Å². The molecule has 0 aromatic heterocycles. The number of hydrogen-bond acceptors (Lipinski definition) is 7. The Hall–Kier alpha value is -2.86. The molecule has 2 N–H and O–H groups in total. The summed E-state index contributed by atoms with van der Waals surface area (Å²) in [7, 11) is 0. The highest BCUT2D eigenvalue weighted by Crippen LogP contribution is 2.34. The number of nitrogens with zero attached hydrogens (tertiary/aromatic N) is 3. The molecule has 1 aliphatic rings. The van der Waals surface area contributed by atoms with Gasteiger partial charge in [0, 0.05) is 12.6 Å². The molecular formula is C18H24N4O5. The predicted molar refractivity (Wildman–Crippen MR) is 98.4 cm³/mol. The molecule has 1 aromatic rings. The van der Waals surface area contributed by atoms with Crippen LogP contribution in [0.25, 0.3) is 0 Å². The van der Waals surface area contributed by atoms with E-state index in [1.807, 2.05) is 6.07 Å². The van der Waals surface area contributed by atoms with E-state index < -0.39 is 16.6 Å². The number of aliphatic hydroxyl groups excluding tert-OH is 1. The zero-order chi connectivity index (χ0) is 20.2. The Kier molecular flexibility index (Phi) is 6.23. The average Bonchev–Trinajstić information content (AvgIpc) is 2.95. The lowest BCUT2D eigenvalue weighted by atomic mass is 10.1. The molecule has 9 heteroatoms. The van der Waals surface area contributed by atoms with Gasteiger partial charge >= 0.3 is 6.09 Å². The van der Waals surface area contributed by atoms with Crippen LogP contribution in [0.15, 0.2) is 18.2 Å². The van der Waals surface area contributed by atoms with Crippen LogP contribution in [-0.4, -0.2) is 47.0 Å². The Balaban J connectivity index is 2.24. The van der Waals surface area contributed by atoms with E-state index in [4.69, 9.17) is 10.00 Å². The van der Waals surface area contributed by atoms with Crippen molar-refractivity contribution < 1.29 is 19.6 Å². The van der Waals surface area contributed by atoms with E-state index in [0.717, 1.165) is 0 Å². The Morgan fingerprint density at radius 3 is 2.78 bits per heavy atom. The number of anilines is 1. The van der Waals surface area contributed by atoms with Crippen LogP contribution in [0.5, 0.6) is 0 Å². The zero-order valence-corrected chi connectivity index (χ0v) is 15.6. The van der Waals surface area contributed by atoms with Crippen LogP contribution in [0.4, 0.5) is 16.2 Å². The van der Waals surface area contributed by atoms with E-state index in [2.05, 4.69) is 5.32 Å². The van der Waals surface area contributed by atoms with Gasteiger partial charge in [0.1, 0.15) is 11.3 Å². The van der Waals surface area contributed by atoms with Crippen molar-refractivity contribution in [3.05, 3.63) is 33.9 Å². The average molecular weight is 376 g/mol. The molecule has 1 saturated heterocycles. The van der Waals surface area contributed by atoms with Crippen molar-refractivity contribution in [2.75, 3.05) is 18.1 Å². The Bertz CT molecular complexity index is 753. The minimum Gasteiger partial charge on any atom is -0.444 e. The van der Waals surface area contributed by atoms with Gasteiger partial charge in [-0.05, 0) is 38.8 Å². The summed E-state index contributed by atoms with van der Waals surface area (Å²) in [6.45, 7) is 5.35. The Labute approximate surface area is 157 Å². The van der Waals surface area contributed by atoms with Crippen molar-refractivity contribution >= 4 is 17.5 Å². The highest BCUT2D eigenvalue weighted by atomic mass is 16.6. The Morgan fingerprint density at radius 1 is 1.52 bits per heavy atom.